The third-order valence-electron chi connectivity index (χ3n) is 3.45. The largest absolute Gasteiger partial charge is 0.283 e. The molecule has 0 N–H and O–H groups in total. The summed E-state index contributed by atoms with van der Waals surface area (Å²) in [6.07, 6.45) is 1.93. The number of pyridine rings is 1. The van der Waals surface area contributed by atoms with Gasteiger partial charge in [-0.2, -0.15) is 5.26 Å². The quantitative estimate of drug-likeness (QED) is 0.631. The molecule has 1 aromatic carbocycles. The third kappa shape index (κ3) is 2.97. The van der Waals surface area contributed by atoms with Crippen LogP contribution in [0, 0.1) is 11.3 Å². The molecule has 5 heteroatoms. The van der Waals surface area contributed by atoms with E-state index in [4.69, 9.17) is 5.26 Å². The van der Waals surface area contributed by atoms with Gasteiger partial charge in [-0.15, -0.1) is 10.2 Å². The summed E-state index contributed by atoms with van der Waals surface area (Å²) >= 11 is 0. The van der Waals surface area contributed by atoms with Crippen molar-refractivity contribution in [2.24, 2.45) is 10.2 Å². The van der Waals surface area contributed by atoms with E-state index in [-0.39, 0.29) is 5.41 Å². The number of nitrogens with zero attached hydrogens (tertiary/aromatic N) is 5. The molecule has 0 aliphatic heterocycles. The SMILES string of the molecule is CC(C)(C)c1nc2ccccn2c1N=Nc1cccc(C#N)c1. The molecule has 0 aliphatic carbocycles. The average Bonchev–Trinajstić information content (AvgIpc) is 2.92. The second-order valence-corrected chi connectivity index (χ2v) is 6.32. The number of benzene rings is 1. The fourth-order valence-corrected chi connectivity index (χ4v) is 2.32. The molecule has 0 unspecified atom stereocenters. The first-order valence-electron chi connectivity index (χ1n) is 7.38. The maximum atomic E-state index is 8.97. The molecule has 2 heterocycles. The normalized spacial score (nSPS) is 11.9. The fourth-order valence-electron chi connectivity index (χ4n) is 2.32. The maximum Gasteiger partial charge on any atom is 0.183 e. The van der Waals surface area contributed by atoms with Gasteiger partial charge in [-0.25, -0.2) is 4.98 Å². The molecular weight excluding hydrogens is 286 g/mol. The highest BCUT2D eigenvalue weighted by Gasteiger charge is 2.23. The number of hydrogen-bond acceptors (Lipinski definition) is 4. The number of imidazole rings is 1. The van der Waals surface area contributed by atoms with Crippen LogP contribution < -0.4 is 0 Å². The van der Waals surface area contributed by atoms with Gasteiger partial charge in [0.2, 0.25) is 0 Å². The first-order valence-corrected chi connectivity index (χ1v) is 7.38. The first-order chi connectivity index (χ1) is 11.0. The van der Waals surface area contributed by atoms with E-state index in [9.17, 15) is 0 Å². The summed E-state index contributed by atoms with van der Waals surface area (Å²) < 4.78 is 1.93. The van der Waals surface area contributed by atoms with Gasteiger partial charge in [-0.1, -0.05) is 32.9 Å². The topological polar surface area (TPSA) is 65.8 Å². The summed E-state index contributed by atoms with van der Waals surface area (Å²) in [6, 6.07) is 15.0. The van der Waals surface area contributed by atoms with Gasteiger partial charge in [0.1, 0.15) is 5.65 Å². The van der Waals surface area contributed by atoms with Gasteiger partial charge in [-0.3, -0.25) is 4.40 Å². The highest BCUT2D eigenvalue weighted by Crippen LogP contribution is 2.33. The molecule has 0 saturated heterocycles. The summed E-state index contributed by atoms with van der Waals surface area (Å²) in [5, 5.41) is 17.7. The lowest BCUT2D eigenvalue weighted by Gasteiger charge is -2.15. The minimum atomic E-state index is -0.144. The molecule has 0 amide bonds. The smallest absolute Gasteiger partial charge is 0.183 e. The van der Waals surface area contributed by atoms with Crippen LogP contribution in [0.15, 0.2) is 58.9 Å². The Hall–Kier alpha value is -3.00. The van der Waals surface area contributed by atoms with Crippen LogP contribution in [0.25, 0.3) is 5.65 Å². The molecule has 0 bridgehead atoms. The Morgan fingerprint density at radius 1 is 1.09 bits per heavy atom. The minimum absolute atomic E-state index is 0.144. The van der Waals surface area contributed by atoms with Crippen molar-refractivity contribution in [3.8, 4) is 6.07 Å². The van der Waals surface area contributed by atoms with Crippen LogP contribution in [-0.2, 0) is 5.41 Å². The van der Waals surface area contributed by atoms with Crippen LogP contribution in [0.4, 0.5) is 11.5 Å². The van der Waals surface area contributed by atoms with Crippen LogP contribution >= 0.6 is 0 Å². The van der Waals surface area contributed by atoms with E-state index in [1.54, 1.807) is 18.2 Å². The van der Waals surface area contributed by atoms with Crippen molar-refractivity contribution in [1.29, 1.82) is 5.26 Å². The van der Waals surface area contributed by atoms with Crippen molar-refractivity contribution in [2.75, 3.05) is 0 Å². The van der Waals surface area contributed by atoms with Crippen molar-refractivity contribution in [1.82, 2.24) is 9.38 Å². The molecular formula is C18H17N5. The van der Waals surface area contributed by atoms with Gasteiger partial charge in [0, 0.05) is 11.6 Å². The molecule has 0 radical (unpaired) electrons. The number of hydrogen-bond donors (Lipinski definition) is 0. The monoisotopic (exact) mass is 303 g/mol. The van der Waals surface area contributed by atoms with Crippen molar-refractivity contribution in [3.63, 3.8) is 0 Å². The maximum absolute atomic E-state index is 8.97. The Morgan fingerprint density at radius 2 is 1.91 bits per heavy atom. The Bertz CT molecular complexity index is 922. The molecule has 3 aromatic rings. The minimum Gasteiger partial charge on any atom is -0.283 e. The second kappa shape index (κ2) is 5.65. The van der Waals surface area contributed by atoms with Crippen molar-refractivity contribution >= 4 is 17.2 Å². The molecule has 0 atom stereocenters. The molecule has 114 valence electrons. The summed E-state index contributed by atoms with van der Waals surface area (Å²) in [6.45, 7) is 6.30. The fraction of sp³-hybridized carbons (Fsp3) is 0.222. The van der Waals surface area contributed by atoms with Gasteiger partial charge in [0.05, 0.1) is 23.0 Å². The predicted molar refractivity (Wildman–Crippen MR) is 89.2 cm³/mol. The second-order valence-electron chi connectivity index (χ2n) is 6.32. The van der Waals surface area contributed by atoms with Gasteiger partial charge in [0.15, 0.2) is 5.82 Å². The molecule has 23 heavy (non-hydrogen) atoms. The van der Waals surface area contributed by atoms with E-state index < -0.39 is 0 Å². The summed E-state index contributed by atoms with van der Waals surface area (Å²) in [5.41, 5.74) is 2.81. The van der Waals surface area contributed by atoms with Gasteiger partial charge in [0.25, 0.3) is 0 Å². The molecule has 3 rings (SSSR count). The number of fused-ring (bicyclic) bond motifs is 1. The molecule has 0 spiro atoms. The van der Waals surface area contributed by atoms with Crippen LogP contribution in [-0.4, -0.2) is 9.38 Å². The summed E-state index contributed by atoms with van der Waals surface area (Å²) in [5.74, 6) is 0.718. The van der Waals surface area contributed by atoms with Crippen molar-refractivity contribution in [3.05, 3.63) is 59.9 Å². The average molecular weight is 303 g/mol. The van der Waals surface area contributed by atoms with Gasteiger partial charge >= 0.3 is 0 Å². The van der Waals surface area contributed by atoms with E-state index in [0.717, 1.165) is 17.2 Å². The number of nitriles is 1. The van der Waals surface area contributed by atoms with E-state index >= 15 is 0 Å². The van der Waals surface area contributed by atoms with Crippen LogP contribution in [0.1, 0.15) is 32.0 Å². The molecule has 5 nitrogen and oxygen atoms in total. The van der Waals surface area contributed by atoms with Crippen LogP contribution in [0.5, 0.6) is 0 Å². The first kappa shape index (κ1) is 14.9. The zero-order valence-corrected chi connectivity index (χ0v) is 13.4. The highest BCUT2D eigenvalue weighted by atomic mass is 15.2. The van der Waals surface area contributed by atoms with E-state index in [2.05, 4.69) is 42.1 Å². The van der Waals surface area contributed by atoms with Crippen molar-refractivity contribution in [2.45, 2.75) is 26.2 Å². The van der Waals surface area contributed by atoms with E-state index in [1.165, 1.54) is 0 Å². The standard InChI is InChI=1S/C18H17N5/c1-18(2,3)16-17(23-10-5-4-9-15(23)20-16)22-21-14-8-6-7-13(11-14)12-19/h4-11H,1-3H3. The zero-order valence-electron chi connectivity index (χ0n) is 13.4. The van der Waals surface area contributed by atoms with Crippen molar-refractivity contribution < 1.29 is 0 Å². The molecule has 0 fully saturated rings. The summed E-state index contributed by atoms with van der Waals surface area (Å²) in [4.78, 5) is 4.69. The molecule has 0 saturated carbocycles. The highest BCUT2D eigenvalue weighted by molar-refractivity contribution is 5.54. The lowest BCUT2D eigenvalue weighted by atomic mass is 9.92. The Kier molecular flexibility index (Phi) is 3.67. The van der Waals surface area contributed by atoms with Crippen LogP contribution in [0.2, 0.25) is 0 Å². The summed E-state index contributed by atoms with van der Waals surface area (Å²) in [7, 11) is 0. The van der Waals surface area contributed by atoms with Crippen LogP contribution in [0.3, 0.4) is 0 Å². The van der Waals surface area contributed by atoms with Gasteiger partial charge in [-0.05, 0) is 30.3 Å². The predicted octanol–water partition coefficient (Wildman–Crippen LogP) is 4.92. The number of aromatic nitrogens is 2. The molecule has 0 aliphatic rings. The Morgan fingerprint density at radius 3 is 2.65 bits per heavy atom. The van der Waals surface area contributed by atoms with E-state index in [1.807, 2.05) is 34.9 Å². The molecule has 2 aromatic heterocycles. The lowest BCUT2D eigenvalue weighted by Crippen LogP contribution is -2.11. The number of rotatable bonds is 2. The Balaban J connectivity index is 2.11. The Labute approximate surface area is 134 Å². The lowest BCUT2D eigenvalue weighted by molar-refractivity contribution is 0.574. The zero-order chi connectivity index (χ0) is 16.4. The van der Waals surface area contributed by atoms with E-state index in [0.29, 0.717) is 11.3 Å². The third-order valence-corrected chi connectivity index (χ3v) is 3.45. The number of azo groups is 1. The van der Waals surface area contributed by atoms with Gasteiger partial charge < -0.3 is 0 Å².